The van der Waals surface area contributed by atoms with Crippen LogP contribution >= 0.6 is 12.2 Å². The van der Waals surface area contributed by atoms with Crippen LogP contribution in [-0.2, 0) is 0 Å². The minimum absolute atomic E-state index is 0.432. The first-order valence-electron chi connectivity index (χ1n) is 4.97. The maximum Gasteiger partial charge on any atom is 0.0755 e. The van der Waals surface area contributed by atoms with Crippen LogP contribution in [0.4, 0.5) is 0 Å². The van der Waals surface area contributed by atoms with Crippen LogP contribution in [0.5, 0.6) is 0 Å². The standard InChI is InChI=1S/C10H21NS/c1-3-4-5-6-7-8-9(2)10(11)12/h9H,3-8H2,1-2H3,(H2,11,12). The van der Waals surface area contributed by atoms with Crippen molar-refractivity contribution in [1.29, 1.82) is 0 Å². The smallest absolute Gasteiger partial charge is 0.0755 e. The molecule has 0 aromatic rings. The van der Waals surface area contributed by atoms with Crippen molar-refractivity contribution in [3.05, 3.63) is 0 Å². The van der Waals surface area contributed by atoms with E-state index >= 15 is 0 Å². The average molecular weight is 187 g/mol. The number of hydrogen-bond acceptors (Lipinski definition) is 1. The summed E-state index contributed by atoms with van der Waals surface area (Å²) in [6.07, 6.45) is 7.81. The molecule has 0 rings (SSSR count). The van der Waals surface area contributed by atoms with Crippen molar-refractivity contribution < 1.29 is 0 Å². The Balaban J connectivity index is 3.14. The van der Waals surface area contributed by atoms with Gasteiger partial charge in [0.25, 0.3) is 0 Å². The summed E-state index contributed by atoms with van der Waals surface area (Å²) < 4.78 is 0. The maximum atomic E-state index is 5.51. The van der Waals surface area contributed by atoms with Crippen molar-refractivity contribution in [2.75, 3.05) is 0 Å². The molecular weight excluding hydrogens is 166 g/mol. The van der Waals surface area contributed by atoms with Crippen molar-refractivity contribution in [3.8, 4) is 0 Å². The Morgan fingerprint density at radius 2 is 1.83 bits per heavy atom. The van der Waals surface area contributed by atoms with Crippen molar-refractivity contribution in [2.24, 2.45) is 11.7 Å². The molecule has 2 heteroatoms. The lowest BCUT2D eigenvalue weighted by molar-refractivity contribution is 0.567. The van der Waals surface area contributed by atoms with Crippen LogP contribution in [0.2, 0.25) is 0 Å². The van der Waals surface area contributed by atoms with Gasteiger partial charge >= 0.3 is 0 Å². The average Bonchev–Trinajstić information content (AvgIpc) is 2.03. The molecule has 0 saturated carbocycles. The largest absolute Gasteiger partial charge is 0.393 e. The third kappa shape index (κ3) is 6.59. The minimum Gasteiger partial charge on any atom is -0.393 e. The number of unbranched alkanes of at least 4 members (excludes halogenated alkanes) is 4. The Bertz CT molecular complexity index is 123. The summed E-state index contributed by atoms with van der Waals surface area (Å²) in [6, 6.07) is 0. The summed E-state index contributed by atoms with van der Waals surface area (Å²) >= 11 is 4.90. The van der Waals surface area contributed by atoms with Gasteiger partial charge in [0, 0.05) is 5.92 Å². The van der Waals surface area contributed by atoms with E-state index in [1.54, 1.807) is 0 Å². The van der Waals surface area contributed by atoms with Crippen molar-refractivity contribution in [3.63, 3.8) is 0 Å². The van der Waals surface area contributed by atoms with E-state index in [2.05, 4.69) is 13.8 Å². The van der Waals surface area contributed by atoms with E-state index < -0.39 is 0 Å². The molecule has 0 aromatic heterocycles. The van der Waals surface area contributed by atoms with Crippen molar-refractivity contribution >= 4 is 17.2 Å². The number of nitrogens with two attached hydrogens (primary N) is 1. The fourth-order valence-corrected chi connectivity index (χ4v) is 1.31. The summed E-state index contributed by atoms with van der Waals surface area (Å²) in [5, 5.41) is 0. The molecule has 2 N–H and O–H groups in total. The zero-order valence-corrected chi connectivity index (χ0v) is 9.12. The summed E-state index contributed by atoms with van der Waals surface area (Å²) in [5.41, 5.74) is 5.51. The van der Waals surface area contributed by atoms with Gasteiger partial charge in [-0.05, 0) is 6.42 Å². The van der Waals surface area contributed by atoms with Gasteiger partial charge in [-0.15, -0.1) is 0 Å². The Morgan fingerprint density at radius 1 is 1.25 bits per heavy atom. The summed E-state index contributed by atoms with van der Waals surface area (Å²) in [7, 11) is 0. The quantitative estimate of drug-likeness (QED) is 0.489. The first kappa shape index (κ1) is 11.9. The van der Waals surface area contributed by atoms with E-state index in [9.17, 15) is 0 Å². The zero-order chi connectivity index (χ0) is 9.40. The van der Waals surface area contributed by atoms with Crippen LogP contribution in [-0.4, -0.2) is 4.99 Å². The Morgan fingerprint density at radius 3 is 2.33 bits per heavy atom. The van der Waals surface area contributed by atoms with E-state index in [-0.39, 0.29) is 0 Å². The molecule has 0 heterocycles. The van der Waals surface area contributed by atoms with Gasteiger partial charge in [0.2, 0.25) is 0 Å². The molecule has 0 aromatic carbocycles. The first-order valence-corrected chi connectivity index (χ1v) is 5.38. The van der Waals surface area contributed by atoms with Crippen LogP contribution in [0.25, 0.3) is 0 Å². The summed E-state index contributed by atoms with van der Waals surface area (Å²) in [5.74, 6) is 0.432. The SMILES string of the molecule is CCCCCCCC(C)C(N)=S. The highest BCUT2D eigenvalue weighted by Crippen LogP contribution is 2.11. The molecule has 0 fully saturated rings. The molecule has 0 saturated heterocycles. The molecule has 0 aliphatic rings. The van der Waals surface area contributed by atoms with Crippen LogP contribution in [0.1, 0.15) is 52.4 Å². The summed E-state index contributed by atoms with van der Waals surface area (Å²) in [4.78, 5) is 0.672. The van der Waals surface area contributed by atoms with Crippen LogP contribution in [0.15, 0.2) is 0 Å². The Labute approximate surface area is 81.7 Å². The third-order valence-electron chi connectivity index (χ3n) is 2.23. The molecule has 12 heavy (non-hydrogen) atoms. The van der Waals surface area contributed by atoms with Gasteiger partial charge in [0.05, 0.1) is 4.99 Å². The zero-order valence-electron chi connectivity index (χ0n) is 8.31. The van der Waals surface area contributed by atoms with Gasteiger partial charge in [0.1, 0.15) is 0 Å². The second kappa shape index (κ2) is 7.53. The molecule has 0 bridgehead atoms. The lowest BCUT2D eigenvalue weighted by atomic mass is 10.0. The van der Waals surface area contributed by atoms with E-state index in [4.69, 9.17) is 18.0 Å². The van der Waals surface area contributed by atoms with Gasteiger partial charge in [-0.25, -0.2) is 0 Å². The fourth-order valence-electron chi connectivity index (χ4n) is 1.20. The second-order valence-electron chi connectivity index (χ2n) is 3.51. The molecule has 1 atom stereocenters. The first-order chi connectivity index (χ1) is 5.68. The predicted molar refractivity (Wildman–Crippen MR) is 59.3 cm³/mol. The molecular formula is C10H21NS. The van der Waals surface area contributed by atoms with Gasteiger partial charge in [-0.2, -0.15) is 0 Å². The van der Waals surface area contributed by atoms with Crippen LogP contribution in [0, 0.1) is 5.92 Å². The van der Waals surface area contributed by atoms with E-state index in [1.807, 2.05) is 0 Å². The van der Waals surface area contributed by atoms with Gasteiger partial charge in [-0.3, -0.25) is 0 Å². The molecule has 0 spiro atoms. The van der Waals surface area contributed by atoms with E-state index in [0.717, 1.165) is 0 Å². The van der Waals surface area contributed by atoms with Gasteiger partial charge in [0.15, 0.2) is 0 Å². The number of rotatable bonds is 7. The molecule has 1 nitrogen and oxygen atoms in total. The number of hydrogen-bond donors (Lipinski definition) is 1. The Kier molecular flexibility index (Phi) is 7.47. The molecule has 0 amide bonds. The van der Waals surface area contributed by atoms with Gasteiger partial charge in [-0.1, -0.05) is 58.2 Å². The van der Waals surface area contributed by atoms with Crippen molar-refractivity contribution in [1.82, 2.24) is 0 Å². The van der Waals surface area contributed by atoms with Gasteiger partial charge < -0.3 is 5.73 Å². The van der Waals surface area contributed by atoms with E-state index in [1.165, 1.54) is 38.5 Å². The molecule has 72 valence electrons. The normalized spacial score (nSPS) is 12.8. The molecule has 1 unspecified atom stereocenters. The van der Waals surface area contributed by atoms with Crippen molar-refractivity contribution in [2.45, 2.75) is 52.4 Å². The Hall–Kier alpha value is -0.110. The number of thiocarbonyl (C=S) groups is 1. The highest BCUT2D eigenvalue weighted by molar-refractivity contribution is 7.80. The van der Waals surface area contributed by atoms with E-state index in [0.29, 0.717) is 10.9 Å². The van der Waals surface area contributed by atoms with Crippen LogP contribution < -0.4 is 5.73 Å². The fraction of sp³-hybridized carbons (Fsp3) is 0.900. The molecule has 0 aliphatic heterocycles. The minimum atomic E-state index is 0.432. The predicted octanol–water partition coefficient (Wildman–Crippen LogP) is 3.27. The third-order valence-corrected chi connectivity index (χ3v) is 2.63. The second-order valence-corrected chi connectivity index (χ2v) is 3.98. The topological polar surface area (TPSA) is 26.0 Å². The maximum absolute atomic E-state index is 5.51. The molecule has 0 aliphatic carbocycles. The molecule has 0 radical (unpaired) electrons. The summed E-state index contributed by atoms with van der Waals surface area (Å²) in [6.45, 7) is 4.35. The lowest BCUT2D eigenvalue weighted by Crippen LogP contribution is -2.17. The highest BCUT2D eigenvalue weighted by atomic mass is 32.1. The lowest BCUT2D eigenvalue weighted by Gasteiger charge is -2.08. The van der Waals surface area contributed by atoms with Crippen LogP contribution in [0.3, 0.4) is 0 Å². The highest BCUT2D eigenvalue weighted by Gasteiger charge is 2.03. The monoisotopic (exact) mass is 187 g/mol.